The fourth-order valence-corrected chi connectivity index (χ4v) is 2.09. The predicted octanol–water partition coefficient (Wildman–Crippen LogP) is 3.44. The Hall–Kier alpha value is -2.82. The first-order valence-corrected chi connectivity index (χ1v) is 7.18. The van der Waals surface area contributed by atoms with Crippen LogP contribution in [0.1, 0.15) is 29.8 Å². The Bertz CT molecular complexity index is 707. The summed E-state index contributed by atoms with van der Waals surface area (Å²) in [5.41, 5.74) is 1.97. The van der Waals surface area contributed by atoms with E-state index in [1.807, 2.05) is 24.3 Å². The molecule has 2 rings (SSSR count). The van der Waals surface area contributed by atoms with Crippen molar-refractivity contribution in [3.05, 3.63) is 53.6 Å². The van der Waals surface area contributed by atoms with Gasteiger partial charge in [-0.1, -0.05) is 12.1 Å². The lowest BCUT2D eigenvalue weighted by molar-refractivity contribution is -0.114. The van der Waals surface area contributed by atoms with Crippen LogP contribution in [0.5, 0.6) is 11.5 Å². The molecular weight excluding hydrogens is 294 g/mol. The van der Waals surface area contributed by atoms with Gasteiger partial charge in [-0.3, -0.25) is 9.59 Å². The molecule has 2 aromatic rings. The molecule has 1 amide bonds. The Morgan fingerprint density at radius 3 is 2.30 bits per heavy atom. The van der Waals surface area contributed by atoms with E-state index in [0.29, 0.717) is 23.6 Å². The minimum absolute atomic E-state index is 0.123. The van der Waals surface area contributed by atoms with Gasteiger partial charge in [-0.15, -0.1) is 0 Å². The van der Waals surface area contributed by atoms with Crippen molar-refractivity contribution in [3.8, 4) is 11.5 Å². The Balaban J connectivity index is 2.14. The number of hydrogen-bond donors (Lipinski definition) is 1. The van der Waals surface area contributed by atoms with Crippen LogP contribution >= 0.6 is 0 Å². The number of nitrogens with one attached hydrogen (secondary N) is 1. The average molecular weight is 313 g/mol. The van der Waals surface area contributed by atoms with Crippen LogP contribution in [-0.4, -0.2) is 18.8 Å². The van der Waals surface area contributed by atoms with Crippen molar-refractivity contribution in [2.75, 3.05) is 12.4 Å². The summed E-state index contributed by atoms with van der Waals surface area (Å²) in [5, 5.41) is 2.65. The van der Waals surface area contributed by atoms with Crippen molar-refractivity contribution in [1.29, 1.82) is 0 Å². The fourth-order valence-electron chi connectivity index (χ4n) is 2.09. The summed E-state index contributed by atoms with van der Waals surface area (Å²) in [7, 11) is 1.61. The zero-order valence-corrected chi connectivity index (χ0v) is 13.4. The van der Waals surface area contributed by atoms with Crippen molar-refractivity contribution in [3.63, 3.8) is 0 Å². The smallest absolute Gasteiger partial charge is 0.221 e. The van der Waals surface area contributed by atoms with E-state index in [0.717, 1.165) is 11.3 Å². The second kappa shape index (κ2) is 7.45. The Morgan fingerprint density at radius 1 is 1.04 bits per heavy atom. The van der Waals surface area contributed by atoms with Crippen LogP contribution in [0.4, 0.5) is 5.69 Å². The maximum Gasteiger partial charge on any atom is 0.221 e. The van der Waals surface area contributed by atoms with E-state index in [-0.39, 0.29) is 11.7 Å². The van der Waals surface area contributed by atoms with Gasteiger partial charge in [0.1, 0.15) is 18.1 Å². The zero-order valence-electron chi connectivity index (χ0n) is 13.4. The van der Waals surface area contributed by atoms with Crippen molar-refractivity contribution in [1.82, 2.24) is 0 Å². The van der Waals surface area contributed by atoms with E-state index in [9.17, 15) is 9.59 Å². The molecule has 0 aliphatic carbocycles. The van der Waals surface area contributed by atoms with E-state index in [1.165, 1.54) is 13.8 Å². The first-order chi connectivity index (χ1) is 11.0. The van der Waals surface area contributed by atoms with E-state index in [1.54, 1.807) is 25.3 Å². The molecular formula is C18H19NO4. The molecule has 0 fully saturated rings. The number of benzene rings is 2. The van der Waals surface area contributed by atoms with Gasteiger partial charge in [0, 0.05) is 12.6 Å². The summed E-state index contributed by atoms with van der Waals surface area (Å²) in [6.45, 7) is 3.22. The minimum atomic E-state index is -0.189. The van der Waals surface area contributed by atoms with E-state index >= 15 is 0 Å². The molecule has 5 nitrogen and oxygen atoms in total. The first kappa shape index (κ1) is 16.5. The van der Waals surface area contributed by atoms with E-state index < -0.39 is 0 Å². The third-order valence-electron chi connectivity index (χ3n) is 3.23. The molecule has 0 saturated carbocycles. The lowest BCUT2D eigenvalue weighted by atomic mass is 10.1. The van der Waals surface area contributed by atoms with Crippen LogP contribution in [0.15, 0.2) is 42.5 Å². The van der Waals surface area contributed by atoms with Gasteiger partial charge in [-0.2, -0.15) is 0 Å². The quantitative estimate of drug-likeness (QED) is 0.830. The van der Waals surface area contributed by atoms with Gasteiger partial charge in [0.25, 0.3) is 0 Å². The van der Waals surface area contributed by atoms with E-state index in [4.69, 9.17) is 9.47 Å². The van der Waals surface area contributed by atoms with Crippen LogP contribution in [0.3, 0.4) is 0 Å². The average Bonchev–Trinajstić information content (AvgIpc) is 2.53. The van der Waals surface area contributed by atoms with Crippen molar-refractivity contribution in [2.24, 2.45) is 0 Å². The summed E-state index contributed by atoms with van der Waals surface area (Å²) in [6, 6.07) is 12.5. The Kier molecular flexibility index (Phi) is 5.36. The highest BCUT2D eigenvalue weighted by Gasteiger charge is 2.11. The van der Waals surface area contributed by atoms with Gasteiger partial charge < -0.3 is 14.8 Å². The molecule has 0 heterocycles. The van der Waals surface area contributed by atoms with Crippen molar-refractivity contribution in [2.45, 2.75) is 20.5 Å². The molecule has 0 saturated heterocycles. The van der Waals surface area contributed by atoms with Crippen LogP contribution in [0.2, 0.25) is 0 Å². The number of anilines is 1. The lowest BCUT2D eigenvalue weighted by Gasteiger charge is -2.12. The molecule has 0 aliphatic rings. The third kappa shape index (κ3) is 4.57. The Labute approximate surface area is 135 Å². The highest BCUT2D eigenvalue weighted by atomic mass is 16.5. The standard InChI is InChI=1S/C18H19NO4/c1-12(20)17-10-15(19-13(2)21)6-9-18(17)23-11-14-4-7-16(22-3)8-5-14/h4-10H,11H2,1-3H3,(H,19,21). The number of Topliss-reactive ketones (excluding diaryl/α,β-unsaturated/α-hetero) is 1. The van der Waals surface area contributed by atoms with Crippen molar-refractivity contribution < 1.29 is 19.1 Å². The highest BCUT2D eigenvalue weighted by molar-refractivity contribution is 5.99. The summed E-state index contributed by atoms with van der Waals surface area (Å²) < 4.78 is 10.9. The highest BCUT2D eigenvalue weighted by Crippen LogP contribution is 2.25. The predicted molar refractivity (Wildman–Crippen MR) is 88.1 cm³/mol. The summed E-state index contributed by atoms with van der Waals surface area (Å²) in [4.78, 5) is 22.9. The SMILES string of the molecule is COc1ccc(COc2ccc(NC(C)=O)cc2C(C)=O)cc1. The zero-order chi connectivity index (χ0) is 16.8. The first-order valence-electron chi connectivity index (χ1n) is 7.18. The molecule has 120 valence electrons. The second-order valence-electron chi connectivity index (χ2n) is 5.09. The van der Waals surface area contributed by atoms with Gasteiger partial charge in [0.15, 0.2) is 5.78 Å². The summed E-state index contributed by atoms with van der Waals surface area (Å²) >= 11 is 0. The van der Waals surface area contributed by atoms with Crippen LogP contribution in [0, 0.1) is 0 Å². The number of amides is 1. The maximum absolute atomic E-state index is 11.8. The van der Waals surface area contributed by atoms with Crippen LogP contribution < -0.4 is 14.8 Å². The van der Waals surface area contributed by atoms with Gasteiger partial charge in [-0.05, 0) is 42.8 Å². The molecule has 1 N–H and O–H groups in total. The molecule has 23 heavy (non-hydrogen) atoms. The molecule has 0 bridgehead atoms. The number of carbonyl (C=O) groups is 2. The normalized spacial score (nSPS) is 10.0. The fraction of sp³-hybridized carbons (Fsp3) is 0.222. The molecule has 0 atom stereocenters. The number of methoxy groups -OCH3 is 1. The largest absolute Gasteiger partial charge is 0.497 e. The molecule has 5 heteroatoms. The van der Waals surface area contributed by atoms with Gasteiger partial charge >= 0.3 is 0 Å². The van der Waals surface area contributed by atoms with Crippen molar-refractivity contribution >= 4 is 17.4 Å². The molecule has 0 aromatic heterocycles. The summed E-state index contributed by atoms with van der Waals surface area (Å²) in [6.07, 6.45) is 0. The number of carbonyl (C=O) groups excluding carboxylic acids is 2. The molecule has 0 aliphatic heterocycles. The molecule has 0 radical (unpaired) electrons. The van der Waals surface area contributed by atoms with Crippen LogP contribution in [0.25, 0.3) is 0 Å². The molecule has 2 aromatic carbocycles. The monoisotopic (exact) mass is 313 g/mol. The van der Waals surface area contributed by atoms with E-state index in [2.05, 4.69) is 5.32 Å². The minimum Gasteiger partial charge on any atom is -0.497 e. The topological polar surface area (TPSA) is 64.6 Å². The van der Waals surface area contributed by atoms with Crippen LogP contribution in [-0.2, 0) is 11.4 Å². The maximum atomic E-state index is 11.8. The van der Waals surface area contributed by atoms with Gasteiger partial charge in [0.2, 0.25) is 5.91 Å². The molecule has 0 spiro atoms. The second-order valence-corrected chi connectivity index (χ2v) is 5.09. The lowest BCUT2D eigenvalue weighted by Crippen LogP contribution is -2.08. The number of hydrogen-bond acceptors (Lipinski definition) is 4. The van der Waals surface area contributed by atoms with Gasteiger partial charge in [0.05, 0.1) is 12.7 Å². The molecule has 0 unspecified atom stereocenters. The summed E-state index contributed by atoms with van der Waals surface area (Å²) in [5.74, 6) is 0.952. The van der Waals surface area contributed by atoms with Gasteiger partial charge in [-0.25, -0.2) is 0 Å². The number of ether oxygens (including phenoxy) is 2. The Morgan fingerprint density at radius 2 is 1.74 bits per heavy atom. The third-order valence-corrected chi connectivity index (χ3v) is 3.23. The number of rotatable bonds is 6. The number of ketones is 1.